The standard InChI is InChI=1S/C13H18N8O3/c1-4-10(22)24-18-9(2)14-7-5-6-13(3)11(23)21(8-15-13)12-16-19-20-17-12/h15H,4,7-8H2,1-3H3,(H,14,18)(H,16,17,19,20). The van der Waals surface area contributed by atoms with Gasteiger partial charge in [-0.15, -0.1) is 5.10 Å². The fourth-order valence-electron chi connectivity index (χ4n) is 1.79. The number of nitrogens with zero attached hydrogens (tertiary/aromatic N) is 5. The minimum absolute atomic E-state index is 0.148. The summed E-state index contributed by atoms with van der Waals surface area (Å²) >= 11 is 0. The van der Waals surface area contributed by atoms with Crippen molar-refractivity contribution in [1.82, 2.24) is 31.4 Å². The Bertz CT molecular complexity index is 690. The Hall–Kier alpha value is -3.00. The Labute approximate surface area is 138 Å². The molecule has 128 valence electrons. The molecular weight excluding hydrogens is 316 g/mol. The Kier molecular flexibility index (Phi) is 5.43. The van der Waals surface area contributed by atoms with Crippen molar-refractivity contribution >= 4 is 23.7 Å². The van der Waals surface area contributed by atoms with Crippen LogP contribution in [0.15, 0.2) is 4.99 Å². The van der Waals surface area contributed by atoms with E-state index in [2.05, 4.69) is 48.3 Å². The molecule has 0 radical (unpaired) electrons. The molecule has 1 aromatic rings. The molecule has 1 saturated heterocycles. The largest absolute Gasteiger partial charge is 0.342 e. The number of aromatic amines is 1. The van der Waals surface area contributed by atoms with Gasteiger partial charge in [0.15, 0.2) is 5.54 Å². The monoisotopic (exact) mass is 334 g/mol. The van der Waals surface area contributed by atoms with E-state index in [-0.39, 0.29) is 37.5 Å². The molecule has 3 N–H and O–H groups in total. The zero-order chi connectivity index (χ0) is 17.6. The van der Waals surface area contributed by atoms with Crippen molar-refractivity contribution in [2.75, 3.05) is 18.1 Å². The van der Waals surface area contributed by atoms with Crippen LogP contribution < -0.4 is 15.7 Å². The van der Waals surface area contributed by atoms with Gasteiger partial charge in [0.1, 0.15) is 12.4 Å². The summed E-state index contributed by atoms with van der Waals surface area (Å²) in [6, 6.07) is 0. The van der Waals surface area contributed by atoms with E-state index < -0.39 is 5.54 Å². The molecule has 1 atom stereocenters. The van der Waals surface area contributed by atoms with Gasteiger partial charge < -0.3 is 4.84 Å². The van der Waals surface area contributed by atoms with Gasteiger partial charge >= 0.3 is 5.97 Å². The molecule has 1 fully saturated rings. The second-order valence-electron chi connectivity index (χ2n) is 5.04. The topological polar surface area (TPSA) is 137 Å². The van der Waals surface area contributed by atoms with Crippen LogP contribution in [0.2, 0.25) is 0 Å². The molecule has 2 rings (SSSR count). The van der Waals surface area contributed by atoms with Crippen molar-refractivity contribution in [2.24, 2.45) is 4.99 Å². The molecule has 1 aromatic heterocycles. The molecular formula is C13H18N8O3. The third kappa shape index (κ3) is 4.05. The first kappa shape index (κ1) is 17.4. The van der Waals surface area contributed by atoms with Crippen molar-refractivity contribution in [3.8, 4) is 11.8 Å². The first-order valence-corrected chi connectivity index (χ1v) is 7.23. The van der Waals surface area contributed by atoms with E-state index in [4.69, 9.17) is 4.84 Å². The van der Waals surface area contributed by atoms with Crippen molar-refractivity contribution in [3.63, 3.8) is 0 Å². The number of amidine groups is 1. The molecule has 11 heteroatoms. The van der Waals surface area contributed by atoms with Crippen molar-refractivity contribution < 1.29 is 14.4 Å². The van der Waals surface area contributed by atoms with Crippen LogP contribution in [-0.4, -0.2) is 57.1 Å². The number of anilines is 1. The highest BCUT2D eigenvalue weighted by Gasteiger charge is 2.43. The highest BCUT2D eigenvalue weighted by atomic mass is 16.7. The number of amides is 1. The summed E-state index contributed by atoms with van der Waals surface area (Å²) < 4.78 is 0. The lowest BCUT2D eigenvalue weighted by Crippen LogP contribution is -2.42. The van der Waals surface area contributed by atoms with Gasteiger partial charge in [0.25, 0.3) is 11.9 Å². The Morgan fingerprint density at radius 3 is 3.04 bits per heavy atom. The zero-order valence-electron chi connectivity index (χ0n) is 13.6. The number of nitrogens with one attached hydrogen (secondary N) is 3. The van der Waals surface area contributed by atoms with Crippen LogP contribution in [0.25, 0.3) is 0 Å². The highest BCUT2D eigenvalue weighted by molar-refractivity contribution is 6.03. The normalized spacial score (nSPS) is 20.5. The quantitative estimate of drug-likeness (QED) is 0.269. The van der Waals surface area contributed by atoms with E-state index in [0.29, 0.717) is 5.84 Å². The number of tetrazole rings is 1. The molecule has 0 spiro atoms. The number of carbonyl (C=O) groups is 2. The predicted molar refractivity (Wildman–Crippen MR) is 83.3 cm³/mol. The Morgan fingerprint density at radius 2 is 2.38 bits per heavy atom. The van der Waals surface area contributed by atoms with Crippen LogP contribution in [0.4, 0.5) is 5.95 Å². The number of H-pyrrole nitrogens is 1. The summed E-state index contributed by atoms with van der Waals surface area (Å²) in [5.41, 5.74) is 1.37. The summed E-state index contributed by atoms with van der Waals surface area (Å²) in [6.07, 6.45) is 0.267. The van der Waals surface area contributed by atoms with E-state index in [9.17, 15) is 9.59 Å². The molecule has 0 aliphatic carbocycles. The van der Waals surface area contributed by atoms with Crippen LogP contribution in [0, 0.1) is 11.8 Å². The molecule has 1 aliphatic rings. The molecule has 11 nitrogen and oxygen atoms in total. The fourth-order valence-corrected chi connectivity index (χ4v) is 1.79. The maximum absolute atomic E-state index is 12.4. The third-order valence-corrected chi connectivity index (χ3v) is 3.17. The summed E-state index contributed by atoms with van der Waals surface area (Å²) in [6.45, 7) is 5.38. The van der Waals surface area contributed by atoms with Crippen LogP contribution in [-0.2, 0) is 14.4 Å². The number of aromatic nitrogens is 4. The molecule has 1 aliphatic heterocycles. The van der Waals surface area contributed by atoms with E-state index in [0.717, 1.165) is 0 Å². The van der Waals surface area contributed by atoms with Crippen LogP contribution in [0.1, 0.15) is 27.2 Å². The highest BCUT2D eigenvalue weighted by Crippen LogP contribution is 2.18. The minimum atomic E-state index is -1.05. The summed E-state index contributed by atoms with van der Waals surface area (Å²) in [7, 11) is 0. The van der Waals surface area contributed by atoms with Gasteiger partial charge in [0.2, 0.25) is 0 Å². The van der Waals surface area contributed by atoms with E-state index in [1.54, 1.807) is 20.8 Å². The predicted octanol–water partition coefficient (Wildman–Crippen LogP) is -1.27. The molecule has 2 heterocycles. The maximum atomic E-state index is 12.4. The SMILES string of the molecule is CCC(=O)ONC(C)=NCC#CC1(C)NCN(c2nn[nH]n2)C1=O. The molecule has 24 heavy (non-hydrogen) atoms. The van der Waals surface area contributed by atoms with Gasteiger partial charge in [-0.25, -0.2) is 10.3 Å². The Morgan fingerprint density at radius 1 is 1.58 bits per heavy atom. The number of aliphatic imine (C=N–C) groups is 1. The lowest BCUT2D eigenvalue weighted by atomic mass is 10.0. The van der Waals surface area contributed by atoms with Gasteiger partial charge in [-0.2, -0.15) is 5.21 Å². The maximum Gasteiger partial charge on any atom is 0.331 e. The summed E-state index contributed by atoms with van der Waals surface area (Å²) in [5, 5.41) is 16.3. The second-order valence-corrected chi connectivity index (χ2v) is 5.04. The number of hydrogen-bond donors (Lipinski definition) is 3. The van der Waals surface area contributed by atoms with Crippen LogP contribution in [0.5, 0.6) is 0 Å². The van der Waals surface area contributed by atoms with Gasteiger partial charge in [-0.05, 0) is 19.1 Å². The molecule has 0 bridgehead atoms. The smallest absolute Gasteiger partial charge is 0.331 e. The van der Waals surface area contributed by atoms with Crippen molar-refractivity contribution in [2.45, 2.75) is 32.7 Å². The van der Waals surface area contributed by atoms with E-state index in [1.165, 1.54) is 4.90 Å². The fraction of sp³-hybridized carbons (Fsp3) is 0.538. The number of carbonyl (C=O) groups excluding carboxylic acids is 2. The van der Waals surface area contributed by atoms with Crippen LogP contribution in [0.3, 0.4) is 0 Å². The van der Waals surface area contributed by atoms with Crippen LogP contribution >= 0.6 is 0 Å². The van der Waals surface area contributed by atoms with Gasteiger partial charge in [-0.1, -0.05) is 23.9 Å². The zero-order valence-corrected chi connectivity index (χ0v) is 13.6. The lowest BCUT2D eigenvalue weighted by molar-refractivity contribution is -0.147. The van der Waals surface area contributed by atoms with Gasteiger partial charge in [-0.3, -0.25) is 20.0 Å². The van der Waals surface area contributed by atoms with Gasteiger partial charge in [0, 0.05) is 6.42 Å². The first-order chi connectivity index (χ1) is 11.5. The summed E-state index contributed by atoms with van der Waals surface area (Å²) in [5.74, 6) is 5.60. The minimum Gasteiger partial charge on any atom is -0.342 e. The molecule has 1 unspecified atom stereocenters. The van der Waals surface area contributed by atoms with E-state index >= 15 is 0 Å². The average molecular weight is 334 g/mol. The molecule has 1 amide bonds. The van der Waals surface area contributed by atoms with Gasteiger partial charge in [0.05, 0.1) is 6.67 Å². The number of rotatable bonds is 3. The summed E-state index contributed by atoms with van der Waals surface area (Å²) in [4.78, 5) is 33.5. The third-order valence-electron chi connectivity index (χ3n) is 3.17. The lowest BCUT2D eigenvalue weighted by Gasteiger charge is -2.14. The van der Waals surface area contributed by atoms with Crippen molar-refractivity contribution in [3.05, 3.63) is 0 Å². The van der Waals surface area contributed by atoms with Crippen molar-refractivity contribution in [1.29, 1.82) is 0 Å². The van der Waals surface area contributed by atoms with E-state index in [1.807, 2.05) is 0 Å². The molecule has 0 aromatic carbocycles. The average Bonchev–Trinajstić information content (AvgIpc) is 3.19. The number of hydroxylamine groups is 1. The second kappa shape index (κ2) is 7.51. The number of hydrogen-bond acceptors (Lipinski definition) is 8. The Balaban J connectivity index is 1.91. The molecule has 0 saturated carbocycles. The first-order valence-electron chi connectivity index (χ1n) is 7.23.